The number of hydrogen-bond acceptors (Lipinski definition) is 7. The fourth-order valence-electron chi connectivity index (χ4n) is 3.38. The van der Waals surface area contributed by atoms with Crippen molar-refractivity contribution in [2.24, 2.45) is 17.2 Å². The summed E-state index contributed by atoms with van der Waals surface area (Å²) in [5.74, 6) is -2.00. The maximum absolute atomic E-state index is 12.8. The summed E-state index contributed by atoms with van der Waals surface area (Å²) >= 11 is 0. The molecule has 2 aromatic carbocycles. The van der Waals surface area contributed by atoms with Crippen molar-refractivity contribution in [2.45, 2.75) is 31.2 Å². The van der Waals surface area contributed by atoms with Crippen LogP contribution in [0, 0.1) is 16.2 Å². The van der Waals surface area contributed by atoms with Crippen molar-refractivity contribution in [3.8, 4) is 0 Å². The molecule has 0 spiro atoms. The zero-order valence-corrected chi connectivity index (χ0v) is 22.0. The Morgan fingerprint density at radius 3 is 1.87 bits per heavy atom. The molecular formula is C24H34N10O4S. The number of hydrogen-bond donors (Lipinski definition) is 10. The number of carbonyl (C=O) groups is 2. The zero-order chi connectivity index (χ0) is 29.0. The standard InChI is InChI=1S/C24H34N10O4S/c25-21(26)17-7-3-15(4-8-17)12-32-23(36)19(2-1-11-31-24(29)30)34-20(35)13-33-39(37,38)14-16-5-9-18(10-6-16)22(27)28/h3-10,19,33H,1-2,11-14H2,(H3,25,26)(H3,27,28)(H,32,36)(H,34,35)(H4,29,30,31)/t19-/m0/s1. The molecule has 1 atom stereocenters. The van der Waals surface area contributed by atoms with Crippen LogP contribution in [0.1, 0.15) is 35.1 Å². The van der Waals surface area contributed by atoms with E-state index < -0.39 is 34.4 Å². The Morgan fingerprint density at radius 1 is 0.821 bits per heavy atom. The largest absolute Gasteiger partial charge is 0.384 e. The zero-order valence-electron chi connectivity index (χ0n) is 21.2. The third kappa shape index (κ3) is 11.2. The van der Waals surface area contributed by atoms with Crippen LogP contribution in [0.4, 0.5) is 0 Å². The number of carbonyl (C=O) groups excluding carboxylic acids is 2. The number of amidine groups is 2. The molecule has 0 radical (unpaired) electrons. The van der Waals surface area contributed by atoms with Gasteiger partial charge in [-0.05, 0) is 24.0 Å². The summed E-state index contributed by atoms with van der Waals surface area (Å²) in [5.41, 5.74) is 18.3. The molecule has 0 saturated heterocycles. The van der Waals surface area contributed by atoms with Crippen LogP contribution >= 0.6 is 0 Å². The van der Waals surface area contributed by atoms with E-state index in [-0.39, 0.29) is 36.3 Å². The molecule has 0 unspecified atom stereocenters. The highest BCUT2D eigenvalue weighted by atomic mass is 32.2. The fourth-order valence-corrected chi connectivity index (χ4v) is 4.47. The molecule has 0 saturated carbocycles. The minimum absolute atomic E-state index is 0.0750. The van der Waals surface area contributed by atoms with E-state index in [2.05, 4.69) is 20.7 Å². The van der Waals surface area contributed by atoms with Crippen molar-refractivity contribution in [1.29, 1.82) is 16.2 Å². The molecule has 0 aliphatic rings. The van der Waals surface area contributed by atoms with E-state index >= 15 is 0 Å². The van der Waals surface area contributed by atoms with Gasteiger partial charge >= 0.3 is 0 Å². The van der Waals surface area contributed by atoms with E-state index in [1.807, 2.05) is 0 Å². The Bertz CT molecular complexity index is 1300. The Kier molecular flexibility index (Phi) is 11.4. The van der Waals surface area contributed by atoms with Crippen molar-refractivity contribution < 1.29 is 18.0 Å². The minimum Gasteiger partial charge on any atom is -0.384 e. The van der Waals surface area contributed by atoms with Crippen molar-refractivity contribution in [3.05, 3.63) is 70.8 Å². The molecule has 0 aliphatic heterocycles. The van der Waals surface area contributed by atoms with Crippen LogP contribution in [0.25, 0.3) is 0 Å². The van der Waals surface area contributed by atoms with Crippen LogP contribution in [0.15, 0.2) is 48.5 Å². The summed E-state index contributed by atoms with van der Waals surface area (Å²) in [7, 11) is -3.87. The molecule has 39 heavy (non-hydrogen) atoms. The summed E-state index contributed by atoms with van der Waals surface area (Å²) in [6.45, 7) is -0.115. The van der Waals surface area contributed by atoms with Crippen molar-refractivity contribution in [1.82, 2.24) is 20.7 Å². The predicted octanol–water partition coefficient (Wildman–Crippen LogP) is -1.26. The summed E-state index contributed by atoms with van der Waals surface area (Å²) in [6.07, 6.45) is 0.601. The lowest BCUT2D eigenvalue weighted by molar-refractivity contribution is -0.128. The van der Waals surface area contributed by atoms with Gasteiger partial charge in [0.1, 0.15) is 17.7 Å². The van der Waals surface area contributed by atoms with Gasteiger partial charge in [0.05, 0.1) is 12.3 Å². The first-order chi connectivity index (χ1) is 18.4. The molecule has 2 amide bonds. The summed E-state index contributed by atoms with van der Waals surface area (Å²) in [5, 5.41) is 30.0. The number of benzene rings is 2. The monoisotopic (exact) mass is 558 g/mol. The summed E-state index contributed by atoms with van der Waals surface area (Å²) < 4.78 is 27.1. The number of nitrogen functional groups attached to an aromatic ring is 2. The Morgan fingerprint density at radius 2 is 1.36 bits per heavy atom. The number of rotatable bonds is 15. The van der Waals surface area contributed by atoms with E-state index in [1.165, 1.54) is 24.3 Å². The molecule has 0 heterocycles. The average Bonchev–Trinajstić information content (AvgIpc) is 2.88. The highest BCUT2D eigenvalue weighted by molar-refractivity contribution is 7.88. The van der Waals surface area contributed by atoms with Gasteiger partial charge in [-0.25, -0.2) is 13.1 Å². The molecule has 0 bridgehead atoms. The fraction of sp³-hybridized carbons (Fsp3) is 0.292. The average molecular weight is 559 g/mol. The molecule has 15 heteroatoms. The second-order valence-corrected chi connectivity index (χ2v) is 10.4. The maximum atomic E-state index is 12.8. The van der Waals surface area contributed by atoms with Gasteiger partial charge in [0.2, 0.25) is 21.8 Å². The van der Waals surface area contributed by atoms with Gasteiger partial charge < -0.3 is 33.2 Å². The number of nitrogens with one attached hydrogen (secondary N) is 7. The van der Waals surface area contributed by atoms with Crippen LogP contribution in [-0.2, 0) is 31.9 Å². The Balaban J connectivity index is 1.95. The van der Waals surface area contributed by atoms with E-state index in [0.717, 1.165) is 5.56 Å². The quantitative estimate of drug-likeness (QED) is 0.0714. The predicted molar refractivity (Wildman–Crippen MR) is 148 cm³/mol. The van der Waals surface area contributed by atoms with Gasteiger partial charge in [0, 0.05) is 24.2 Å². The highest BCUT2D eigenvalue weighted by Crippen LogP contribution is 2.08. The Labute approximate surface area is 226 Å². The number of nitrogens with two attached hydrogens (primary N) is 3. The molecule has 0 aromatic heterocycles. The molecular weight excluding hydrogens is 524 g/mol. The van der Waals surface area contributed by atoms with Gasteiger partial charge in [-0.1, -0.05) is 48.5 Å². The molecule has 13 N–H and O–H groups in total. The van der Waals surface area contributed by atoms with Crippen molar-refractivity contribution in [2.75, 3.05) is 13.1 Å². The smallest absolute Gasteiger partial charge is 0.242 e. The van der Waals surface area contributed by atoms with Crippen LogP contribution in [0.3, 0.4) is 0 Å². The first-order valence-corrected chi connectivity index (χ1v) is 13.5. The third-order valence-electron chi connectivity index (χ3n) is 5.44. The van der Waals surface area contributed by atoms with E-state index in [1.54, 1.807) is 24.3 Å². The molecule has 0 aliphatic carbocycles. The molecule has 2 rings (SSSR count). The second-order valence-electron chi connectivity index (χ2n) is 8.62. The second kappa shape index (κ2) is 14.4. The van der Waals surface area contributed by atoms with E-state index in [9.17, 15) is 18.0 Å². The van der Waals surface area contributed by atoms with Gasteiger partial charge in [0.25, 0.3) is 0 Å². The third-order valence-corrected chi connectivity index (χ3v) is 6.74. The van der Waals surface area contributed by atoms with Gasteiger partial charge in [-0.2, -0.15) is 0 Å². The molecule has 14 nitrogen and oxygen atoms in total. The van der Waals surface area contributed by atoms with E-state index in [4.69, 9.17) is 33.4 Å². The molecule has 210 valence electrons. The minimum atomic E-state index is -3.87. The first kappa shape index (κ1) is 30.7. The molecule has 2 aromatic rings. The topological polar surface area (TPSA) is 266 Å². The van der Waals surface area contributed by atoms with Crippen molar-refractivity contribution >= 4 is 39.5 Å². The van der Waals surface area contributed by atoms with E-state index in [0.29, 0.717) is 29.7 Å². The lowest BCUT2D eigenvalue weighted by atomic mass is 10.1. The highest BCUT2D eigenvalue weighted by Gasteiger charge is 2.22. The number of guanidine groups is 1. The van der Waals surface area contributed by atoms with Gasteiger partial charge in [-0.15, -0.1) is 0 Å². The number of amides is 2. The summed E-state index contributed by atoms with van der Waals surface area (Å²) in [4.78, 5) is 25.4. The first-order valence-electron chi connectivity index (χ1n) is 11.9. The van der Waals surface area contributed by atoms with Gasteiger partial charge in [-0.3, -0.25) is 25.8 Å². The summed E-state index contributed by atoms with van der Waals surface area (Å²) in [6, 6.07) is 11.9. The number of sulfonamides is 1. The van der Waals surface area contributed by atoms with Crippen LogP contribution in [0.5, 0.6) is 0 Å². The lowest BCUT2D eigenvalue weighted by Gasteiger charge is -2.19. The van der Waals surface area contributed by atoms with Crippen LogP contribution in [0.2, 0.25) is 0 Å². The SMILES string of the molecule is N=C(N)NCCC[C@H](NC(=O)CNS(=O)(=O)Cc1ccc(C(=N)N)cc1)C(=O)NCc1ccc(C(=N)N)cc1. The normalized spacial score (nSPS) is 11.7. The van der Waals surface area contributed by atoms with Crippen LogP contribution in [-0.4, -0.2) is 57.0 Å². The molecule has 0 fully saturated rings. The lowest BCUT2D eigenvalue weighted by Crippen LogP contribution is -2.49. The van der Waals surface area contributed by atoms with Crippen LogP contribution < -0.4 is 37.9 Å². The maximum Gasteiger partial charge on any atom is 0.242 e. The Hall–Kier alpha value is -4.50. The van der Waals surface area contributed by atoms with Crippen molar-refractivity contribution in [3.63, 3.8) is 0 Å². The van der Waals surface area contributed by atoms with Gasteiger partial charge in [0.15, 0.2) is 5.96 Å².